The molecular formula is C23H26O7. The van der Waals surface area contributed by atoms with Crippen molar-refractivity contribution in [1.82, 2.24) is 0 Å². The van der Waals surface area contributed by atoms with Gasteiger partial charge in [-0.3, -0.25) is 4.79 Å². The van der Waals surface area contributed by atoms with Gasteiger partial charge in [0.25, 0.3) is 0 Å². The third-order valence-corrected chi connectivity index (χ3v) is 5.51. The molecule has 1 saturated heterocycles. The van der Waals surface area contributed by atoms with E-state index in [9.17, 15) is 4.79 Å². The van der Waals surface area contributed by atoms with Gasteiger partial charge < -0.3 is 28.4 Å². The lowest BCUT2D eigenvalue weighted by molar-refractivity contribution is -0.141. The fourth-order valence-electron chi connectivity index (χ4n) is 4.02. The summed E-state index contributed by atoms with van der Waals surface area (Å²) in [6.07, 6.45) is 1.26. The third kappa shape index (κ3) is 3.97. The van der Waals surface area contributed by atoms with E-state index in [1.807, 2.05) is 37.3 Å². The van der Waals surface area contributed by atoms with Crippen molar-refractivity contribution in [2.75, 3.05) is 34.2 Å². The van der Waals surface area contributed by atoms with Crippen LogP contribution in [0, 0.1) is 11.8 Å². The zero-order valence-electron chi connectivity index (χ0n) is 17.4. The summed E-state index contributed by atoms with van der Waals surface area (Å²) in [5.41, 5.74) is 2.03. The normalized spacial score (nSPS) is 19.5. The number of esters is 1. The van der Waals surface area contributed by atoms with E-state index in [-0.39, 0.29) is 24.6 Å². The summed E-state index contributed by atoms with van der Waals surface area (Å²) in [6.45, 7) is 3.05. The van der Waals surface area contributed by atoms with E-state index < -0.39 is 0 Å². The first kappa shape index (κ1) is 20.2. The molecule has 0 saturated carbocycles. The van der Waals surface area contributed by atoms with Crippen LogP contribution in [-0.2, 0) is 22.4 Å². The highest BCUT2D eigenvalue weighted by Gasteiger charge is 2.37. The average molecular weight is 414 g/mol. The van der Waals surface area contributed by atoms with Crippen LogP contribution in [0.3, 0.4) is 0 Å². The number of hydrogen-bond donors (Lipinski definition) is 0. The molecule has 0 bridgehead atoms. The quantitative estimate of drug-likeness (QED) is 0.613. The summed E-state index contributed by atoms with van der Waals surface area (Å²) in [6, 6.07) is 9.70. The Bertz CT molecular complexity index is 899. The van der Waals surface area contributed by atoms with Gasteiger partial charge in [0.15, 0.2) is 23.0 Å². The summed E-state index contributed by atoms with van der Waals surface area (Å²) >= 11 is 0. The summed E-state index contributed by atoms with van der Waals surface area (Å²) in [4.78, 5) is 12.5. The van der Waals surface area contributed by atoms with Crippen LogP contribution in [0.25, 0.3) is 0 Å². The number of carbonyl (C=O) groups excluding carboxylic acids is 1. The monoisotopic (exact) mass is 414 g/mol. The average Bonchev–Trinajstić information content (AvgIpc) is 3.36. The lowest BCUT2D eigenvalue weighted by Gasteiger charge is -2.18. The van der Waals surface area contributed by atoms with Crippen molar-refractivity contribution in [1.29, 1.82) is 0 Å². The van der Waals surface area contributed by atoms with Crippen LogP contribution in [0.4, 0.5) is 0 Å². The number of ether oxygens (including phenoxy) is 6. The Hall–Kier alpha value is -3.09. The Kier molecular flexibility index (Phi) is 5.88. The molecule has 7 nitrogen and oxygen atoms in total. The fraction of sp³-hybridized carbons (Fsp3) is 0.435. The molecule has 2 aromatic carbocycles. The minimum Gasteiger partial charge on any atom is -0.493 e. The van der Waals surface area contributed by atoms with Gasteiger partial charge in [-0.2, -0.15) is 0 Å². The Morgan fingerprint density at radius 1 is 0.933 bits per heavy atom. The maximum absolute atomic E-state index is 12.5. The van der Waals surface area contributed by atoms with Crippen molar-refractivity contribution in [2.45, 2.75) is 19.8 Å². The third-order valence-electron chi connectivity index (χ3n) is 5.51. The number of carbonyl (C=O) groups is 1. The van der Waals surface area contributed by atoms with Gasteiger partial charge >= 0.3 is 5.97 Å². The van der Waals surface area contributed by atoms with E-state index >= 15 is 0 Å². The predicted octanol–water partition coefficient (Wildman–Crippen LogP) is 3.41. The van der Waals surface area contributed by atoms with Crippen molar-refractivity contribution in [3.63, 3.8) is 0 Å². The second kappa shape index (κ2) is 8.73. The summed E-state index contributed by atoms with van der Waals surface area (Å²) in [7, 11) is 3.18. The molecule has 0 N–H and O–H groups in total. The number of methoxy groups -OCH3 is 2. The lowest BCUT2D eigenvalue weighted by Crippen LogP contribution is -2.20. The topological polar surface area (TPSA) is 72.5 Å². The minimum absolute atomic E-state index is 0.0708. The molecular weight excluding hydrogens is 388 g/mol. The van der Waals surface area contributed by atoms with Crippen molar-refractivity contribution in [3.8, 4) is 28.7 Å². The van der Waals surface area contributed by atoms with E-state index in [0.29, 0.717) is 36.9 Å². The Labute approximate surface area is 175 Å². The highest BCUT2D eigenvalue weighted by atomic mass is 16.7. The van der Waals surface area contributed by atoms with E-state index in [1.54, 1.807) is 14.2 Å². The first-order valence-corrected chi connectivity index (χ1v) is 10.1. The molecule has 2 aliphatic heterocycles. The molecule has 1 fully saturated rings. The van der Waals surface area contributed by atoms with Gasteiger partial charge in [0.1, 0.15) is 0 Å². The zero-order valence-corrected chi connectivity index (χ0v) is 17.4. The van der Waals surface area contributed by atoms with Gasteiger partial charge in [0.05, 0.1) is 33.4 Å². The van der Waals surface area contributed by atoms with Gasteiger partial charge in [0, 0.05) is 5.92 Å². The van der Waals surface area contributed by atoms with Crippen molar-refractivity contribution in [2.24, 2.45) is 11.8 Å². The molecule has 0 spiro atoms. The molecule has 0 aromatic heterocycles. The van der Waals surface area contributed by atoms with Crippen LogP contribution >= 0.6 is 0 Å². The maximum atomic E-state index is 12.5. The molecule has 2 unspecified atom stereocenters. The van der Waals surface area contributed by atoms with Crippen LogP contribution in [0.1, 0.15) is 18.1 Å². The molecule has 0 aliphatic carbocycles. The maximum Gasteiger partial charge on any atom is 0.309 e. The summed E-state index contributed by atoms with van der Waals surface area (Å²) in [5.74, 6) is 2.89. The van der Waals surface area contributed by atoms with Crippen LogP contribution < -0.4 is 23.7 Å². The SMILES string of the molecule is CCOc1c(OC)cc(CC2C(=O)OCC2Cc2ccc3c(c2)OCO3)cc1OC. The summed E-state index contributed by atoms with van der Waals surface area (Å²) in [5, 5.41) is 0. The Morgan fingerprint density at radius 2 is 1.67 bits per heavy atom. The van der Waals surface area contributed by atoms with Crippen LogP contribution in [-0.4, -0.2) is 40.2 Å². The van der Waals surface area contributed by atoms with E-state index in [0.717, 1.165) is 29.0 Å². The molecule has 0 amide bonds. The highest BCUT2D eigenvalue weighted by molar-refractivity contribution is 5.75. The molecule has 7 heteroatoms. The molecule has 30 heavy (non-hydrogen) atoms. The first-order chi connectivity index (χ1) is 14.6. The molecule has 2 aromatic rings. The van der Waals surface area contributed by atoms with Crippen molar-refractivity contribution < 1.29 is 33.2 Å². The molecule has 4 rings (SSSR count). The van der Waals surface area contributed by atoms with Gasteiger partial charge in [-0.1, -0.05) is 6.07 Å². The molecule has 0 radical (unpaired) electrons. The van der Waals surface area contributed by atoms with E-state index in [1.165, 1.54) is 0 Å². The minimum atomic E-state index is -0.247. The standard InChI is InChI=1S/C23H26O7/c1-4-27-22-20(25-2)10-15(11-21(22)26-3)8-17-16(12-28-23(17)24)7-14-5-6-18-19(9-14)30-13-29-18/h5-6,9-11,16-17H,4,7-8,12-13H2,1-3H3. The number of hydrogen-bond acceptors (Lipinski definition) is 7. The zero-order chi connectivity index (χ0) is 21.1. The predicted molar refractivity (Wildman–Crippen MR) is 109 cm³/mol. The van der Waals surface area contributed by atoms with Gasteiger partial charge in [-0.15, -0.1) is 0 Å². The Balaban J connectivity index is 1.54. The van der Waals surface area contributed by atoms with E-state index in [4.69, 9.17) is 28.4 Å². The molecule has 2 heterocycles. The first-order valence-electron chi connectivity index (χ1n) is 10.1. The van der Waals surface area contributed by atoms with Crippen LogP contribution in [0.15, 0.2) is 30.3 Å². The lowest BCUT2D eigenvalue weighted by atomic mass is 9.85. The number of fused-ring (bicyclic) bond motifs is 1. The fourth-order valence-corrected chi connectivity index (χ4v) is 4.02. The molecule has 160 valence electrons. The van der Waals surface area contributed by atoms with E-state index in [2.05, 4.69) is 0 Å². The van der Waals surface area contributed by atoms with Crippen LogP contribution in [0.2, 0.25) is 0 Å². The number of cyclic esters (lactones) is 1. The molecule has 2 aliphatic rings. The van der Waals surface area contributed by atoms with Crippen LogP contribution in [0.5, 0.6) is 28.7 Å². The number of rotatable bonds is 8. The second-order valence-corrected chi connectivity index (χ2v) is 7.35. The van der Waals surface area contributed by atoms with Crippen molar-refractivity contribution in [3.05, 3.63) is 41.5 Å². The molecule has 2 atom stereocenters. The van der Waals surface area contributed by atoms with Gasteiger partial charge in [-0.05, 0) is 55.2 Å². The largest absolute Gasteiger partial charge is 0.493 e. The summed E-state index contributed by atoms with van der Waals surface area (Å²) < 4.78 is 32.9. The smallest absolute Gasteiger partial charge is 0.309 e. The van der Waals surface area contributed by atoms with Gasteiger partial charge in [0.2, 0.25) is 12.5 Å². The highest BCUT2D eigenvalue weighted by Crippen LogP contribution is 2.40. The van der Waals surface area contributed by atoms with Crippen molar-refractivity contribution >= 4 is 5.97 Å². The second-order valence-electron chi connectivity index (χ2n) is 7.35. The number of benzene rings is 2. The Morgan fingerprint density at radius 3 is 2.37 bits per heavy atom. The van der Waals surface area contributed by atoms with Gasteiger partial charge in [-0.25, -0.2) is 0 Å².